The Kier molecular flexibility index (Phi) is 3.24. The second-order valence-corrected chi connectivity index (χ2v) is 4.31. The Morgan fingerprint density at radius 1 is 1.69 bits per heavy atom. The van der Waals surface area contributed by atoms with E-state index in [0.717, 1.165) is 31.6 Å². The molecule has 2 rings (SSSR count). The van der Waals surface area contributed by atoms with Gasteiger partial charge in [0.05, 0.1) is 0 Å². The van der Waals surface area contributed by atoms with Gasteiger partial charge in [0.2, 0.25) is 0 Å². The molecule has 1 aliphatic rings. The van der Waals surface area contributed by atoms with E-state index in [-0.39, 0.29) is 11.9 Å². The van der Waals surface area contributed by atoms with Crippen LogP contribution in [-0.4, -0.2) is 34.8 Å². The van der Waals surface area contributed by atoms with E-state index >= 15 is 0 Å². The number of nitrogens with zero attached hydrogens (tertiary/aromatic N) is 2. The molecular weight excluding hydrogens is 204 g/mol. The lowest BCUT2D eigenvalue weighted by Gasteiger charge is -2.23. The van der Waals surface area contributed by atoms with E-state index in [1.165, 1.54) is 0 Å². The third kappa shape index (κ3) is 2.41. The van der Waals surface area contributed by atoms with Gasteiger partial charge in [-0.15, -0.1) is 0 Å². The van der Waals surface area contributed by atoms with Crippen LogP contribution in [0.15, 0.2) is 6.07 Å². The van der Waals surface area contributed by atoms with Gasteiger partial charge in [0.15, 0.2) is 0 Å². The third-order valence-corrected chi connectivity index (χ3v) is 2.98. The van der Waals surface area contributed by atoms with Gasteiger partial charge in [0, 0.05) is 25.3 Å². The van der Waals surface area contributed by atoms with Crippen molar-refractivity contribution in [1.29, 1.82) is 0 Å². The summed E-state index contributed by atoms with van der Waals surface area (Å²) < 4.78 is 1.72. The van der Waals surface area contributed by atoms with Crippen LogP contribution in [0.5, 0.6) is 0 Å². The van der Waals surface area contributed by atoms with Crippen LogP contribution in [0.3, 0.4) is 0 Å². The summed E-state index contributed by atoms with van der Waals surface area (Å²) >= 11 is 0. The number of hydrogen-bond acceptors (Lipinski definition) is 3. The van der Waals surface area contributed by atoms with Crippen LogP contribution in [0.1, 0.15) is 29.0 Å². The van der Waals surface area contributed by atoms with Gasteiger partial charge in [-0.1, -0.05) is 0 Å². The first-order valence-electron chi connectivity index (χ1n) is 5.69. The molecule has 0 aromatic carbocycles. The standard InChI is InChI=1S/C11H18N4O/c1-8-6-10(14-15(8)2)11(16)13-9-4-3-5-12-7-9/h6,9,12H,3-5,7H2,1-2H3,(H,13,16). The molecule has 16 heavy (non-hydrogen) atoms. The quantitative estimate of drug-likeness (QED) is 0.752. The second-order valence-electron chi connectivity index (χ2n) is 4.31. The Hall–Kier alpha value is -1.36. The maximum absolute atomic E-state index is 11.9. The number of nitrogens with one attached hydrogen (secondary N) is 2. The highest BCUT2D eigenvalue weighted by Gasteiger charge is 2.18. The maximum atomic E-state index is 11.9. The summed E-state index contributed by atoms with van der Waals surface area (Å²) in [6, 6.07) is 2.05. The normalized spacial score (nSPS) is 20.8. The monoisotopic (exact) mass is 222 g/mol. The van der Waals surface area contributed by atoms with E-state index in [4.69, 9.17) is 0 Å². The lowest BCUT2D eigenvalue weighted by molar-refractivity contribution is 0.0925. The molecule has 2 heterocycles. The van der Waals surface area contributed by atoms with E-state index < -0.39 is 0 Å². The third-order valence-electron chi connectivity index (χ3n) is 2.98. The molecule has 0 saturated carbocycles. The molecule has 2 N–H and O–H groups in total. The summed E-state index contributed by atoms with van der Waals surface area (Å²) in [7, 11) is 1.84. The van der Waals surface area contributed by atoms with Crippen molar-refractivity contribution in [2.45, 2.75) is 25.8 Å². The first-order chi connectivity index (χ1) is 7.66. The molecule has 0 radical (unpaired) electrons. The molecular formula is C11H18N4O. The lowest BCUT2D eigenvalue weighted by atomic mass is 10.1. The molecule has 1 atom stereocenters. The Bertz CT molecular complexity index is 360. The molecule has 1 amide bonds. The minimum absolute atomic E-state index is 0.0719. The molecule has 1 fully saturated rings. The van der Waals surface area contributed by atoms with Crippen molar-refractivity contribution in [3.8, 4) is 0 Å². The Morgan fingerprint density at radius 3 is 3.06 bits per heavy atom. The average molecular weight is 222 g/mol. The van der Waals surface area contributed by atoms with Gasteiger partial charge < -0.3 is 10.6 Å². The van der Waals surface area contributed by atoms with E-state index in [2.05, 4.69) is 15.7 Å². The fraction of sp³-hybridized carbons (Fsp3) is 0.636. The van der Waals surface area contributed by atoms with E-state index in [1.54, 1.807) is 4.68 Å². The highest BCUT2D eigenvalue weighted by atomic mass is 16.2. The van der Waals surface area contributed by atoms with Crippen molar-refractivity contribution in [3.63, 3.8) is 0 Å². The molecule has 1 saturated heterocycles. The average Bonchev–Trinajstić information content (AvgIpc) is 2.61. The van der Waals surface area contributed by atoms with E-state index in [1.807, 2.05) is 20.0 Å². The molecule has 0 bridgehead atoms. The summed E-state index contributed by atoms with van der Waals surface area (Å²) in [6.07, 6.45) is 2.16. The van der Waals surface area contributed by atoms with Crippen LogP contribution < -0.4 is 10.6 Å². The lowest BCUT2D eigenvalue weighted by Crippen LogP contribution is -2.45. The van der Waals surface area contributed by atoms with Crippen molar-refractivity contribution in [1.82, 2.24) is 20.4 Å². The smallest absolute Gasteiger partial charge is 0.272 e. The molecule has 1 unspecified atom stereocenters. The van der Waals surface area contributed by atoms with Crippen LogP contribution in [0.4, 0.5) is 0 Å². The fourth-order valence-electron chi connectivity index (χ4n) is 1.91. The first kappa shape index (κ1) is 11.1. The van der Waals surface area contributed by atoms with Crippen molar-refractivity contribution in [2.24, 2.45) is 7.05 Å². The van der Waals surface area contributed by atoms with Crippen LogP contribution >= 0.6 is 0 Å². The molecule has 88 valence electrons. The number of hydrogen-bond donors (Lipinski definition) is 2. The van der Waals surface area contributed by atoms with Gasteiger partial charge >= 0.3 is 0 Å². The van der Waals surface area contributed by atoms with Gasteiger partial charge in [-0.3, -0.25) is 9.48 Å². The highest BCUT2D eigenvalue weighted by molar-refractivity contribution is 5.92. The molecule has 5 heteroatoms. The number of amides is 1. The second kappa shape index (κ2) is 4.65. The SMILES string of the molecule is Cc1cc(C(=O)NC2CCCNC2)nn1C. The van der Waals surface area contributed by atoms with Gasteiger partial charge in [-0.2, -0.15) is 5.10 Å². The summed E-state index contributed by atoms with van der Waals surface area (Å²) in [5.74, 6) is -0.0719. The number of carbonyl (C=O) groups is 1. The van der Waals surface area contributed by atoms with Crippen molar-refractivity contribution < 1.29 is 4.79 Å². The summed E-state index contributed by atoms with van der Waals surface area (Å²) in [5, 5.41) is 10.4. The largest absolute Gasteiger partial charge is 0.347 e. The molecule has 0 spiro atoms. The first-order valence-corrected chi connectivity index (χ1v) is 5.69. The zero-order chi connectivity index (χ0) is 11.5. The highest BCUT2D eigenvalue weighted by Crippen LogP contribution is 2.05. The Morgan fingerprint density at radius 2 is 2.50 bits per heavy atom. The van der Waals surface area contributed by atoms with Gasteiger partial charge in [-0.05, 0) is 32.4 Å². The van der Waals surface area contributed by atoms with Gasteiger partial charge in [-0.25, -0.2) is 0 Å². The molecule has 5 nitrogen and oxygen atoms in total. The van der Waals surface area contributed by atoms with Crippen LogP contribution in [0.25, 0.3) is 0 Å². The van der Waals surface area contributed by atoms with E-state index in [9.17, 15) is 4.79 Å². The molecule has 1 aromatic rings. The molecule has 0 aliphatic carbocycles. The molecule has 1 aliphatic heterocycles. The summed E-state index contributed by atoms with van der Waals surface area (Å²) in [5.41, 5.74) is 1.50. The van der Waals surface area contributed by atoms with Crippen LogP contribution in [0, 0.1) is 6.92 Å². The van der Waals surface area contributed by atoms with E-state index in [0.29, 0.717) is 5.69 Å². The zero-order valence-electron chi connectivity index (χ0n) is 9.79. The predicted octanol–water partition coefficient (Wildman–Crippen LogP) is 0.210. The number of rotatable bonds is 2. The Labute approximate surface area is 95.2 Å². The molecule has 1 aromatic heterocycles. The Balaban J connectivity index is 1.96. The number of aryl methyl sites for hydroxylation is 2. The summed E-state index contributed by atoms with van der Waals surface area (Å²) in [6.45, 7) is 3.85. The van der Waals surface area contributed by atoms with Crippen LogP contribution in [-0.2, 0) is 7.05 Å². The number of aromatic nitrogens is 2. The summed E-state index contributed by atoms with van der Waals surface area (Å²) in [4.78, 5) is 11.9. The number of carbonyl (C=O) groups excluding carboxylic acids is 1. The minimum Gasteiger partial charge on any atom is -0.347 e. The van der Waals surface area contributed by atoms with Gasteiger partial charge in [0.1, 0.15) is 5.69 Å². The van der Waals surface area contributed by atoms with Crippen LogP contribution in [0.2, 0.25) is 0 Å². The van der Waals surface area contributed by atoms with Crippen molar-refractivity contribution in [2.75, 3.05) is 13.1 Å². The maximum Gasteiger partial charge on any atom is 0.272 e. The predicted molar refractivity (Wildman–Crippen MR) is 61.3 cm³/mol. The van der Waals surface area contributed by atoms with Crippen molar-refractivity contribution in [3.05, 3.63) is 17.5 Å². The topological polar surface area (TPSA) is 59.0 Å². The minimum atomic E-state index is -0.0719. The fourth-order valence-corrected chi connectivity index (χ4v) is 1.91. The van der Waals surface area contributed by atoms with Crippen molar-refractivity contribution >= 4 is 5.91 Å². The van der Waals surface area contributed by atoms with Gasteiger partial charge in [0.25, 0.3) is 5.91 Å². The number of piperidine rings is 1. The zero-order valence-corrected chi connectivity index (χ0v) is 9.79.